The standard InChI is InChI=1S/C21H21N3OS/c1-13-6-4-5-7-17(13)20(25)24-11-10-15-12-16(8-9-18(15)24)19-14(2)26-21(22-3)23-19/h4-9,12H,10-11H2,1-3H3,(H,22,23). The maximum absolute atomic E-state index is 13.0. The van der Waals surface area contributed by atoms with Crippen LogP contribution in [0.3, 0.4) is 0 Å². The van der Waals surface area contributed by atoms with E-state index in [1.54, 1.807) is 11.3 Å². The number of nitrogens with zero attached hydrogens (tertiary/aromatic N) is 2. The quantitative estimate of drug-likeness (QED) is 0.735. The number of fused-ring (bicyclic) bond motifs is 1. The highest BCUT2D eigenvalue weighted by molar-refractivity contribution is 7.15. The molecule has 1 aliphatic heterocycles. The van der Waals surface area contributed by atoms with E-state index in [2.05, 4.69) is 35.4 Å². The number of rotatable bonds is 3. The summed E-state index contributed by atoms with van der Waals surface area (Å²) in [7, 11) is 1.89. The summed E-state index contributed by atoms with van der Waals surface area (Å²) in [5, 5.41) is 4.04. The lowest BCUT2D eigenvalue weighted by molar-refractivity contribution is 0.0989. The summed E-state index contributed by atoms with van der Waals surface area (Å²) in [6, 6.07) is 14.1. The van der Waals surface area contributed by atoms with Gasteiger partial charge in [0.15, 0.2) is 5.13 Å². The Labute approximate surface area is 157 Å². The molecule has 0 aliphatic carbocycles. The Morgan fingerprint density at radius 3 is 2.73 bits per heavy atom. The monoisotopic (exact) mass is 363 g/mol. The molecule has 4 rings (SSSR count). The van der Waals surface area contributed by atoms with Crippen molar-refractivity contribution < 1.29 is 4.79 Å². The molecule has 0 spiro atoms. The highest BCUT2D eigenvalue weighted by atomic mass is 32.1. The second-order valence-electron chi connectivity index (χ2n) is 6.54. The van der Waals surface area contributed by atoms with Gasteiger partial charge in [0.2, 0.25) is 0 Å². The lowest BCUT2D eigenvalue weighted by atomic mass is 10.0. The summed E-state index contributed by atoms with van der Waals surface area (Å²) >= 11 is 1.66. The zero-order chi connectivity index (χ0) is 18.3. The highest BCUT2D eigenvalue weighted by Crippen LogP contribution is 2.36. The van der Waals surface area contributed by atoms with E-state index in [0.717, 1.165) is 46.2 Å². The second kappa shape index (κ2) is 6.57. The summed E-state index contributed by atoms with van der Waals surface area (Å²) in [6.45, 7) is 4.80. The van der Waals surface area contributed by atoms with Crippen LogP contribution in [0, 0.1) is 13.8 Å². The van der Waals surface area contributed by atoms with Crippen LogP contribution in [0.4, 0.5) is 10.8 Å². The van der Waals surface area contributed by atoms with E-state index in [1.807, 2.05) is 43.1 Å². The number of hydrogen-bond acceptors (Lipinski definition) is 4. The van der Waals surface area contributed by atoms with Gasteiger partial charge in [-0.25, -0.2) is 4.98 Å². The SMILES string of the molecule is CNc1nc(-c2ccc3c(c2)CCN3C(=O)c2ccccc2C)c(C)s1. The van der Waals surface area contributed by atoms with E-state index in [1.165, 1.54) is 10.4 Å². The second-order valence-corrected chi connectivity index (χ2v) is 7.74. The maximum atomic E-state index is 13.0. The van der Waals surface area contributed by atoms with Crippen molar-refractivity contribution >= 4 is 28.1 Å². The van der Waals surface area contributed by atoms with Crippen LogP contribution in [-0.4, -0.2) is 24.5 Å². The summed E-state index contributed by atoms with van der Waals surface area (Å²) in [5.41, 5.74) is 6.15. The number of aromatic nitrogens is 1. The molecule has 5 heteroatoms. The summed E-state index contributed by atoms with van der Waals surface area (Å²) in [6.07, 6.45) is 0.878. The van der Waals surface area contributed by atoms with Gasteiger partial charge in [-0.05, 0) is 49.6 Å². The van der Waals surface area contributed by atoms with Crippen molar-refractivity contribution in [1.82, 2.24) is 4.98 Å². The first-order valence-electron chi connectivity index (χ1n) is 8.74. The molecule has 1 amide bonds. The van der Waals surface area contributed by atoms with Gasteiger partial charge in [0, 0.05) is 35.3 Å². The number of aryl methyl sites for hydroxylation is 2. The summed E-state index contributed by atoms with van der Waals surface area (Å²) < 4.78 is 0. The molecule has 0 saturated carbocycles. The normalized spacial score (nSPS) is 13.0. The molecule has 132 valence electrons. The van der Waals surface area contributed by atoms with Crippen molar-refractivity contribution in [2.24, 2.45) is 0 Å². The van der Waals surface area contributed by atoms with Crippen molar-refractivity contribution in [2.45, 2.75) is 20.3 Å². The number of thiazole rings is 1. The van der Waals surface area contributed by atoms with Crippen LogP contribution in [0.15, 0.2) is 42.5 Å². The molecule has 0 unspecified atom stereocenters. The lowest BCUT2D eigenvalue weighted by Gasteiger charge is -2.18. The fourth-order valence-electron chi connectivity index (χ4n) is 3.49. The molecule has 3 aromatic rings. The fraction of sp³-hybridized carbons (Fsp3) is 0.238. The molecule has 1 N–H and O–H groups in total. The Morgan fingerprint density at radius 1 is 1.19 bits per heavy atom. The predicted octanol–water partition coefficient (Wildman–Crippen LogP) is 4.67. The van der Waals surface area contributed by atoms with E-state index in [4.69, 9.17) is 0 Å². The van der Waals surface area contributed by atoms with Gasteiger partial charge in [0.25, 0.3) is 5.91 Å². The summed E-state index contributed by atoms with van der Waals surface area (Å²) in [4.78, 5) is 20.7. The Bertz CT molecular complexity index is 993. The Morgan fingerprint density at radius 2 is 2.00 bits per heavy atom. The predicted molar refractivity (Wildman–Crippen MR) is 108 cm³/mol. The molecule has 1 aromatic heterocycles. The van der Waals surface area contributed by atoms with Crippen LogP contribution in [0.2, 0.25) is 0 Å². The minimum atomic E-state index is 0.0805. The number of hydrogen-bond donors (Lipinski definition) is 1. The molecule has 0 saturated heterocycles. The van der Waals surface area contributed by atoms with Crippen LogP contribution < -0.4 is 10.2 Å². The first-order valence-corrected chi connectivity index (χ1v) is 9.56. The van der Waals surface area contributed by atoms with Crippen molar-refractivity contribution in [3.8, 4) is 11.3 Å². The van der Waals surface area contributed by atoms with Gasteiger partial charge < -0.3 is 10.2 Å². The van der Waals surface area contributed by atoms with Gasteiger partial charge in [-0.3, -0.25) is 4.79 Å². The first-order chi connectivity index (χ1) is 12.6. The number of nitrogens with one attached hydrogen (secondary N) is 1. The first kappa shape index (κ1) is 16.8. The number of anilines is 2. The van der Waals surface area contributed by atoms with Gasteiger partial charge in [-0.15, -0.1) is 11.3 Å². The molecule has 2 heterocycles. The van der Waals surface area contributed by atoms with Crippen LogP contribution in [0.1, 0.15) is 26.4 Å². The molecule has 2 aromatic carbocycles. The minimum absolute atomic E-state index is 0.0805. The molecule has 1 aliphatic rings. The van der Waals surface area contributed by atoms with E-state index in [-0.39, 0.29) is 5.91 Å². The third-order valence-electron chi connectivity index (χ3n) is 4.88. The van der Waals surface area contributed by atoms with Gasteiger partial charge in [-0.1, -0.05) is 24.3 Å². The van der Waals surface area contributed by atoms with E-state index < -0.39 is 0 Å². The van der Waals surface area contributed by atoms with Gasteiger partial charge in [-0.2, -0.15) is 0 Å². The molecular weight excluding hydrogens is 342 g/mol. The average molecular weight is 363 g/mol. The van der Waals surface area contributed by atoms with Crippen LogP contribution in [0.25, 0.3) is 11.3 Å². The molecule has 0 bridgehead atoms. The van der Waals surface area contributed by atoms with Crippen LogP contribution in [0.5, 0.6) is 0 Å². The van der Waals surface area contributed by atoms with Crippen molar-refractivity contribution in [1.29, 1.82) is 0 Å². The summed E-state index contributed by atoms with van der Waals surface area (Å²) in [5.74, 6) is 0.0805. The maximum Gasteiger partial charge on any atom is 0.258 e. The van der Waals surface area contributed by atoms with Gasteiger partial charge in [0.05, 0.1) is 5.69 Å². The Balaban J connectivity index is 1.67. The molecule has 26 heavy (non-hydrogen) atoms. The third-order valence-corrected chi connectivity index (χ3v) is 5.87. The lowest BCUT2D eigenvalue weighted by Crippen LogP contribution is -2.29. The molecular formula is C21H21N3OS. The van der Waals surface area contributed by atoms with Gasteiger partial charge in [0.1, 0.15) is 0 Å². The number of carbonyl (C=O) groups is 1. The molecule has 4 nitrogen and oxygen atoms in total. The average Bonchev–Trinajstić information content (AvgIpc) is 3.24. The smallest absolute Gasteiger partial charge is 0.258 e. The third kappa shape index (κ3) is 2.78. The highest BCUT2D eigenvalue weighted by Gasteiger charge is 2.27. The largest absolute Gasteiger partial charge is 0.365 e. The number of benzene rings is 2. The Kier molecular flexibility index (Phi) is 4.24. The fourth-order valence-corrected chi connectivity index (χ4v) is 4.28. The van der Waals surface area contributed by atoms with Crippen LogP contribution >= 0.6 is 11.3 Å². The minimum Gasteiger partial charge on any atom is -0.365 e. The van der Waals surface area contributed by atoms with E-state index >= 15 is 0 Å². The number of carbonyl (C=O) groups excluding carboxylic acids is 1. The Hall–Kier alpha value is -2.66. The molecule has 0 atom stereocenters. The molecule has 0 radical (unpaired) electrons. The van der Waals surface area contributed by atoms with Crippen LogP contribution in [-0.2, 0) is 6.42 Å². The zero-order valence-electron chi connectivity index (χ0n) is 15.2. The molecule has 0 fully saturated rings. The van der Waals surface area contributed by atoms with E-state index in [0.29, 0.717) is 0 Å². The number of amides is 1. The van der Waals surface area contributed by atoms with Crippen molar-refractivity contribution in [2.75, 3.05) is 23.8 Å². The zero-order valence-corrected chi connectivity index (χ0v) is 16.0. The van der Waals surface area contributed by atoms with Crippen molar-refractivity contribution in [3.63, 3.8) is 0 Å². The van der Waals surface area contributed by atoms with Crippen molar-refractivity contribution in [3.05, 3.63) is 64.0 Å². The van der Waals surface area contributed by atoms with E-state index in [9.17, 15) is 4.79 Å². The van der Waals surface area contributed by atoms with Gasteiger partial charge >= 0.3 is 0 Å². The topological polar surface area (TPSA) is 45.2 Å².